The van der Waals surface area contributed by atoms with Crippen LogP contribution in [0.5, 0.6) is 17.2 Å². The van der Waals surface area contributed by atoms with Crippen LogP contribution in [0.3, 0.4) is 0 Å². The van der Waals surface area contributed by atoms with Crippen LogP contribution in [0.2, 0.25) is 0 Å². The van der Waals surface area contributed by atoms with E-state index in [1.807, 2.05) is 30.3 Å². The highest BCUT2D eigenvalue weighted by molar-refractivity contribution is 6.02. The lowest BCUT2D eigenvalue weighted by Crippen LogP contribution is -2.42. The predicted molar refractivity (Wildman–Crippen MR) is 112 cm³/mol. The number of carboxylic acids is 1. The Morgan fingerprint density at radius 3 is 2.27 bits per heavy atom. The summed E-state index contributed by atoms with van der Waals surface area (Å²) in [7, 11) is 6.23. The maximum atomic E-state index is 13.0. The van der Waals surface area contributed by atoms with Gasteiger partial charge in [0.25, 0.3) is 5.91 Å². The third-order valence-electron chi connectivity index (χ3n) is 4.94. The number of carbonyl (C=O) groups excluding carboxylic acids is 1. The van der Waals surface area contributed by atoms with Crippen molar-refractivity contribution in [3.05, 3.63) is 53.7 Å². The second-order valence-corrected chi connectivity index (χ2v) is 6.73. The number of methoxy groups -OCH3 is 3. The lowest BCUT2D eigenvalue weighted by Gasteiger charge is -2.16. The number of aryl methyl sites for hydroxylation is 1. The number of fused-ring (bicyclic) bond motifs is 1. The van der Waals surface area contributed by atoms with Crippen LogP contribution in [0, 0.1) is 0 Å². The molecule has 8 heteroatoms. The first-order valence-corrected chi connectivity index (χ1v) is 9.27. The molecule has 2 aromatic carbocycles. The van der Waals surface area contributed by atoms with Crippen molar-refractivity contribution in [2.45, 2.75) is 12.5 Å². The van der Waals surface area contributed by atoms with Crippen LogP contribution in [-0.4, -0.2) is 48.9 Å². The zero-order valence-electron chi connectivity index (χ0n) is 17.3. The van der Waals surface area contributed by atoms with Gasteiger partial charge in [-0.3, -0.25) is 4.79 Å². The third-order valence-corrected chi connectivity index (χ3v) is 4.94. The topological polar surface area (TPSA) is 99.0 Å². The van der Waals surface area contributed by atoms with Gasteiger partial charge in [-0.2, -0.15) is 0 Å². The molecule has 1 amide bonds. The minimum atomic E-state index is -1.10. The fourth-order valence-corrected chi connectivity index (χ4v) is 3.48. The molecule has 158 valence electrons. The molecule has 0 bridgehead atoms. The van der Waals surface area contributed by atoms with Crippen molar-refractivity contribution in [3.63, 3.8) is 0 Å². The number of rotatable bonds is 8. The minimum absolute atomic E-state index is 0.177. The molecule has 3 rings (SSSR count). The molecule has 2 N–H and O–H groups in total. The monoisotopic (exact) mass is 412 g/mol. The quantitative estimate of drug-likeness (QED) is 0.590. The van der Waals surface area contributed by atoms with Gasteiger partial charge >= 0.3 is 5.97 Å². The number of ether oxygens (including phenoxy) is 3. The fourth-order valence-electron chi connectivity index (χ4n) is 3.48. The Bertz CT molecular complexity index is 1070. The van der Waals surface area contributed by atoms with Gasteiger partial charge in [0.2, 0.25) is 5.75 Å². The first-order valence-electron chi connectivity index (χ1n) is 9.27. The zero-order valence-corrected chi connectivity index (χ0v) is 17.3. The molecule has 30 heavy (non-hydrogen) atoms. The lowest BCUT2D eigenvalue weighted by atomic mass is 10.1. The van der Waals surface area contributed by atoms with E-state index in [1.54, 1.807) is 23.7 Å². The summed E-state index contributed by atoms with van der Waals surface area (Å²) in [5, 5.41) is 12.9. The molecule has 8 nitrogen and oxygen atoms in total. The number of nitrogens with one attached hydrogen (secondary N) is 1. The summed E-state index contributed by atoms with van der Waals surface area (Å²) in [6, 6.07) is 11.5. The summed E-state index contributed by atoms with van der Waals surface area (Å²) >= 11 is 0. The van der Waals surface area contributed by atoms with Crippen LogP contribution in [-0.2, 0) is 18.3 Å². The zero-order chi connectivity index (χ0) is 21.8. The Balaban J connectivity index is 1.98. The summed E-state index contributed by atoms with van der Waals surface area (Å²) in [5.41, 5.74) is 1.74. The van der Waals surface area contributed by atoms with E-state index in [2.05, 4.69) is 5.32 Å². The number of aliphatic carboxylic acids is 1. The lowest BCUT2D eigenvalue weighted by molar-refractivity contribution is -0.139. The van der Waals surface area contributed by atoms with Gasteiger partial charge < -0.3 is 29.2 Å². The Morgan fingerprint density at radius 1 is 1.03 bits per heavy atom. The van der Waals surface area contributed by atoms with Crippen LogP contribution in [0.15, 0.2) is 42.5 Å². The van der Waals surface area contributed by atoms with Crippen molar-refractivity contribution >= 4 is 22.8 Å². The highest BCUT2D eigenvalue weighted by atomic mass is 16.5. The normalized spacial score (nSPS) is 11.7. The number of hydrogen-bond acceptors (Lipinski definition) is 5. The number of carboxylic acid groups (broad SMARTS) is 1. The van der Waals surface area contributed by atoms with E-state index >= 15 is 0 Å². The number of amides is 1. The molecule has 3 aromatic rings. The number of hydrogen-bond donors (Lipinski definition) is 2. The van der Waals surface area contributed by atoms with Crippen molar-refractivity contribution in [2.24, 2.45) is 7.05 Å². The second kappa shape index (κ2) is 8.77. The SMILES string of the molecule is COc1cc2cc(C(=O)N[C@@H](Cc3ccccc3)C(=O)O)n(C)c2c(OC)c1OC. The molecule has 0 saturated heterocycles. The van der Waals surface area contributed by atoms with Gasteiger partial charge in [0, 0.05) is 18.9 Å². The van der Waals surface area contributed by atoms with Gasteiger partial charge in [-0.1, -0.05) is 30.3 Å². The van der Waals surface area contributed by atoms with E-state index < -0.39 is 17.9 Å². The molecule has 0 aliphatic carbocycles. The second-order valence-electron chi connectivity index (χ2n) is 6.73. The number of carbonyl (C=O) groups is 2. The van der Waals surface area contributed by atoms with Crippen molar-refractivity contribution in [2.75, 3.05) is 21.3 Å². The van der Waals surface area contributed by atoms with Gasteiger partial charge in [-0.25, -0.2) is 4.79 Å². The molecule has 1 aromatic heterocycles. The molecule has 0 aliphatic rings. The molecule has 0 aliphatic heterocycles. The van der Waals surface area contributed by atoms with Crippen LogP contribution < -0.4 is 19.5 Å². The molecule has 0 unspecified atom stereocenters. The minimum Gasteiger partial charge on any atom is -0.493 e. The maximum Gasteiger partial charge on any atom is 0.326 e. The van der Waals surface area contributed by atoms with Crippen molar-refractivity contribution in [1.29, 1.82) is 0 Å². The average Bonchev–Trinajstić information content (AvgIpc) is 3.08. The molecule has 0 fully saturated rings. The molecule has 1 heterocycles. The van der Waals surface area contributed by atoms with Gasteiger partial charge in [0.05, 0.1) is 26.8 Å². The third kappa shape index (κ3) is 3.89. The number of benzene rings is 2. The van der Waals surface area contributed by atoms with Gasteiger partial charge in [0.1, 0.15) is 11.7 Å². The Labute approximate surface area is 174 Å². The van der Waals surface area contributed by atoms with Crippen molar-refractivity contribution < 1.29 is 28.9 Å². The smallest absolute Gasteiger partial charge is 0.326 e. The fraction of sp³-hybridized carbons (Fsp3) is 0.273. The molecule has 1 atom stereocenters. The molecule has 0 radical (unpaired) electrons. The van der Waals surface area contributed by atoms with Crippen LogP contribution >= 0.6 is 0 Å². The van der Waals surface area contributed by atoms with E-state index in [9.17, 15) is 14.7 Å². The molecular weight excluding hydrogens is 388 g/mol. The largest absolute Gasteiger partial charge is 0.493 e. The summed E-state index contributed by atoms with van der Waals surface area (Å²) in [6.07, 6.45) is 0.177. The van der Waals surface area contributed by atoms with E-state index in [4.69, 9.17) is 14.2 Å². The summed E-state index contributed by atoms with van der Waals surface area (Å²) in [4.78, 5) is 24.7. The molecule has 0 spiro atoms. The Kier molecular flexibility index (Phi) is 6.15. The summed E-state index contributed by atoms with van der Waals surface area (Å²) < 4.78 is 17.9. The van der Waals surface area contributed by atoms with Crippen molar-refractivity contribution in [1.82, 2.24) is 9.88 Å². The molecule has 0 saturated carbocycles. The average molecular weight is 412 g/mol. The van der Waals surface area contributed by atoms with E-state index in [-0.39, 0.29) is 12.1 Å². The number of aromatic nitrogens is 1. The van der Waals surface area contributed by atoms with E-state index in [0.29, 0.717) is 28.2 Å². The van der Waals surface area contributed by atoms with Crippen LogP contribution in [0.25, 0.3) is 10.9 Å². The predicted octanol–water partition coefficient (Wildman–Crippen LogP) is 2.63. The first-order chi connectivity index (χ1) is 14.4. The van der Waals surface area contributed by atoms with Gasteiger partial charge in [-0.15, -0.1) is 0 Å². The maximum absolute atomic E-state index is 13.0. The highest BCUT2D eigenvalue weighted by Gasteiger charge is 2.26. The van der Waals surface area contributed by atoms with Crippen LogP contribution in [0.1, 0.15) is 16.1 Å². The molecular formula is C22H24N2O6. The Morgan fingerprint density at radius 2 is 1.70 bits per heavy atom. The van der Waals surface area contributed by atoms with Gasteiger partial charge in [-0.05, 0) is 17.7 Å². The van der Waals surface area contributed by atoms with Crippen molar-refractivity contribution in [3.8, 4) is 17.2 Å². The van der Waals surface area contributed by atoms with Crippen LogP contribution in [0.4, 0.5) is 0 Å². The standard InChI is InChI=1S/C22H24N2O6/c1-24-16(11-14-12-17(28-2)19(29-3)20(30-4)18(14)24)21(25)23-15(22(26)27)10-13-8-6-5-7-9-13/h5-9,11-12,15H,10H2,1-4H3,(H,23,25)(H,26,27)/t15-/m0/s1. The Hall–Kier alpha value is -3.68. The summed E-state index contributed by atoms with van der Waals surface area (Å²) in [5.74, 6) is -0.309. The summed E-state index contributed by atoms with van der Waals surface area (Å²) in [6.45, 7) is 0. The number of nitrogens with zero attached hydrogens (tertiary/aromatic N) is 1. The van der Waals surface area contributed by atoms with Gasteiger partial charge in [0.15, 0.2) is 11.5 Å². The van der Waals surface area contributed by atoms with E-state index in [1.165, 1.54) is 21.3 Å². The van der Waals surface area contributed by atoms with E-state index in [0.717, 1.165) is 5.56 Å². The first kappa shape index (κ1) is 21.0. The highest BCUT2D eigenvalue weighted by Crippen LogP contribution is 2.44.